The summed E-state index contributed by atoms with van der Waals surface area (Å²) in [5.74, 6) is 1.68. The molecular weight excluding hydrogens is 294 g/mol. The molecule has 5 heteroatoms. The molecule has 0 saturated carbocycles. The van der Waals surface area contributed by atoms with Gasteiger partial charge in [-0.05, 0) is 35.9 Å². The number of nitrogens with zero attached hydrogens (tertiary/aromatic N) is 1. The maximum Gasteiger partial charge on any atom is 0.231 e. The molecule has 0 radical (unpaired) electrons. The zero-order valence-corrected chi connectivity index (χ0v) is 12.4. The van der Waals surface area contributed by atoms with Crippen LogP contribution in [0.5, 0.6) is 17.2 Å². The average Bonchev–Trinajstić information content (AvgIpc) is 2.88. The van der Waals surface area contributed by atoms with Gasteiger partial charge < -0.3 is 14.2 Å². The lowest BCUT2D eigenvalue weighted by Crippen LogP contribution is -1.98. The van der Waals surface area contributed by atoms with Crippen LogP contribution in [0.25, 0.3) is 6.08 Å². The largest absolute Gasteiger partial charge is 0.497 e. The third-order valence-corrected chi connectivity index (χ3v) is 3.34. The van der Waals surface area contributed by atoms with Gasteiger partial charge in [-0.25, -0.2) is 0 Å². The van der Waals surface area contributed by atoms with E-state index in [9.17, 15) is 4.79 Å². The zero-order chi connectivity index (χ0) is 16.2. The molecule has 0 saturated heterocycles. The van der Waals surface area contributed by atoms with Gasteiger partial charge in [-0.3, -0.25) is 4.79 Å². The number of benzene rings is 2. The van der Waals surface area contributed by atoms with Crippen LogP contribution in [-0.2, 0) is 0 Å². The van der Waals surface area contributed by atoms with E-state index in [1.54, 1.807) is 31.4 Å². The van der Waals surface area contributed by atoms with E-state index in [0.29, 0.717) is 22.8 Å². The molecule has 1 aliphatic rings. The molecule has 114 valence electrons. The smallest absolute Gasteiger partial charge is 0.231 e. The van der Waals surface area contributed by atoms with Gasteiger partial charge in [0.25, 0.3) is 0 Å². The van der Waals surface area contributed by atoms with Gasteiger partial charge in [0.05, 0.1) is 12.7 Å². The van der Waals surface area contributed by atoms with Gasteiger partial charge >= 0.3 is 0 Å². The molecule has 2 aromatic rings. The summed E-state index contributed by atoms with van der Waals surface area (Å²) in [4.78, 5) is 12.4. The molecule has 0 unspecified atom stereocenters. The second-order valence-corrected chi connectivity index (χ2v) is 4.82. The number of hydrogen-bond acceptors (Lipinski definition) is 5. The fourth-order valence-corrected chi connectivity index (χ4v) is 2.26. The van der Waals surface area contributed by atoms with E-state index in [1.165, 1.54) is 0 Å². The van der Waals surface area contributed by atoms with Gasteiger partial charge in [0, 0.05) is 6.07 Å². The number of carbonyl (C=O) groups is 1. The van der Waals surface area contributed by atoms with E-state index < -0.39 is 0 Å². The van der Waals surface area contributed by atoms with Crippen molar-refractivity contribution in [2.45, 2.75) is 0 Å². The molecule has 1 heterocycles. The van der Waals surface area contributed by atoms with Crippen molar-refractivity contribution in [3.05, 3.63) is 59.4 Å². The monoisotopic (exact) mass is 307 g/mol. The van der Waals surface area contributed by atoms with Gasteiger partial charge in [-0.1, -0.05) is 12.1 Å². The van der Waals surface area contributed by atoms with Crippen LogP contribution < -0.4 is 14.2 Å². The molecule has 2 aromatic carbocycles. The Labute approximate surface area is 133 Å². The number of rotatable bonds is 4. The van der Waals surface area contributed by atoms with Crippen LogP contribution >= 0.6 is 0 Å². The number of hydrogen-bond donors (Lipinski definition) is 0. The SMILES string of the molecule is COc1cccc(C=C2Oc3cc(OCC#N)ccc3C2=O)c1. The number of carbonyl (C=O) groups excluding carboxylic acids is 1. The van der Waals surface area contributed by atoms with Crippen molar-refractivity contribution in [1.29, 1.82) is 5.26 Å². The molecule has 0 amide bonds. The highest BCUT2D eigenvalue weighted by Gasteiger charge is 2.27. The van der Waals surface area contributed by atoms with Crippen LogP contribution in [-0.4, -0.2) is 19.5 Å². The van der Waals surface area contributed by atoms with Crippen molar-refractivity contribution in [1.82, 2.24) is 0 Å². The van der Waals surface area contributed by atoms with E-state index in [0.717, 1.165) is 5.56 Å². The average molecular weight is 307 g/mol. The Morgan fingerprint density at radius 1 is 1.22 bits per heavy atom. The van der Waals surface area contributed by atoms with Crippen LogP contribution in [0.15, 0.2) is 48.2 Å². The predicted molar refractivity (Wildman–Crippen MR) is 83.5 cm³/mol. The summed E-state index contributed by atoms with van der Waals surface area (Å²) < 4.78 is 16.0. The number of ether oxygens (including phenoxy) is 3. The lowest BCUT2D eigenvalue weighted by molar-refractivity contribution is 0.101. The maximum absolute atomic E-state index is 12.4. The Balaban J connectivity index is 1.87. The molecule has 23 heavy (non-hydrogen) atoms. The molecule has 0 bridgehead atoms. The van der Waals surface area contributed by atoms with Gasteiger partial charge in [-0.2, -0.15) is 5.26 Å². The first-order valence-corrected chi connectivity index (χ1v) is 6.93. The summed E-state index contributed by atoms with van der Waals surface area (Å²) in [6.07, 6.45) is 1.67. The van der Waals surface area contributed by atoms with Crippen molar-refractivity contribution in [3.8, 4) is 23.3 Å². The van der Waals surface area contributed by atoms with E-state index in [2.05, 4.69) is 0 Å². The van der Waals surface area contributed by atoms with Crippen molar-refractivity contribution in [2.24, 2.45) is 0 Å². The Morgan fingerprint density at radius 3 is 2.87 bits per heavy atom. The Morgan fingerprint density at radius 2 is 2.09 bits per heavy atom. The Kier molecular flexibility index (Phi) is 3.98. The summed E-state index contributed by atoms with van der Waals surface area (Å²) in [5.41, 5.74) is 1.28. The standard InChI is InChI=1S/C18H13NO4/c1-21-13-4-2-3-12(9-13)10-17-18(20)15-6-5-14(22-8-7-19)11-16(15)23-17/h2-6,9-11H,8H2,1H3. The van der Waals surface area contributed by atoms with E-state index in [4.69, 9.17) is 19.5 Å². The minimum atomic E-state index is -0.186. The van der Waals surface area contributed by atoms with Crippen molar-refractivity contribution >= 4 is 11.9 Å². The summed E-state index contributed by atoms with van der Waals surface area (Å²) in [5, 5.41) is 8.53. The van der Waals surface area contributed by atoms with Crippen LogP contribution in [0, 0.1) is 11.3 Å². The molecule has 0 aromatic heterocycles. The van der Waals surface area contributed by atoms with Gasteiger partial charge in [-0.15, -0.1) is 0 Å². The van der Waals surface area contributed by atoms with Crippen molar-refractivity contribution in [3.63, 3.8) is 0 Å². The molecule has 0 spiro atoms. The third kappa shape index (κ3) is 3.01. The molecular formula is C18H13NO4. The van der Waals surface area contributed by atoms with E-state index in [-0.39, 0.29) is 18.1 Å². The second kappa shape index (κ2) is 6.24. The molecule has 5 nitrogen and oxygen atoms in total. The summed E-state index contributed by atoms with van der Waals surface area (Å²) in [7, 11) is 1.59. The van der Waals surface area contributed by atoms with Crippen molar-refractivity contribution < 1.29 is 19.0 Å². The normalized spacial score (nSPS) is 14.1. The fraction of sp³-hybridized carbons (Fsp3) is 0.111. The summed E-state index contributed by atoms with van der Waals surface area (Å²) in [6.45, 7) is -0.0563. The quantitative estimate of drug-likeness (QED) is 0.811. The lowest BCUT2D eigenvalue weighted by atomic mass is 10.1. The Hall–Kier alpha value is -3.26. The fourth-order valence-electron chi connectivity index (χ4n) is 2.26. The number of ketones is 1. The van der Waals surface area contributed by atoms with Crippen LogP contribution in [0.1, 0.15) is 15.9 Å². The molecule has 0 atom stereocenters. The predicted octanol–water partition coefficient (Wildman–Crippen LogP) is 3.21. The zero-order valence-electron chi connectivity index (χ0n) is 12.4. The van der Waals surface area contributed by atoms with Crippen molar-refractivity contribution in [2.75, 3.05) is 13.7 Å². The second-order valence-electron chi connectivity index (χ2n) is 4.82. The van der Waals surface area contributed by atoms with Gasteiger partial charge in [0.2, 0.25) is 5.78 Å². The maximum atomic E-state index is 12.4. The highest BCUT2D eigenvalue weighted by Crippen LogP contribution is 2.35. The highest BCUT2D eigenvalue weighted by molar-refractivity contribution is 6.14. The number of Topliss-reactive ketones (excluding diaryl/α,β-unsaturated/α-hetero) is 1. The van der Waals surface area contributed by atoms with Gasteiger partial charge in [0.1, 0.15) is 23.3 Å². The first kappa shape index (κ1) is 14.7. The van der Waals surface area contributed by atoms with Crippen LogP contribution in [0.4, 0.5) is 0 Å². The number of nitriles is 1. The molecule has 3 rings (SSSR count). The molecule has 1 aliphatic heterocycles. The molecule has 0 N–H and O–H groups in total. The van der Waals surface area contributed by atoms with Gasteiger partial charge in [0.15, 0.2) is 12.4 Å². The lowest BCUT2D eigenvalue weighted by Gasteiger charge is -2.03. The topological polar surface area (TPSA) is 68.6 Å². The van der Waals surface area contributed by atoms with E-state index in [1.807, 2.05) is 30.3 Å². The number of fused-ring (bicyclic) bond motifs is 1. The minimum absolute atomic E-state index is 0.0563. The third-order valence-electron chi connectivity index (χ3n) is 3.34. The van der Waals surface area contributed by atoms with Crippen LogP contribution in [0.3, 0.4) is 0 Å². The first-order chi connectivity index (χ1) is 11.2. The van der Waals surface area contributed by atoms with E-state index >= 15 is 0 Å². The first-order valence-electron chi connectivity index (χ1n) is 6.93. The summed E-state index contributed by atoms with van der Waals surface area (Å²) >= 11 is 0. The number of allylic oxidation sites excluding steroid dienone is 1. The minimum Gasteiger partial charge on any atom is -0.497 e. The molecule has 0 aliphatic carbocycles. The number of methoxy groups -OCH3 is 1. The summed E-state index contributed by atoms with van der Waals surface area (Å²) in [6, 6.07) is 14.1. The Bertz CT molecular complexity index is 833. The highest BCUT2D eigenvalue weighted by atomic mass is 16.5. The van der Waals surface area contributed by atoms with Crippen LogP contribution in [0.2, 0.25) is 0 Å². The molecule has 0 fully saturated rings.